The lowest BCUT2D eigenvalue weighted by Crippen LogP contribution is -2.20. The molecule has 1 rings (SSSR count). The van der Waals surface area contributed by atoms with Gasteiger partial charge in [0.1, 0.15) is 0 Å². The minimum atomic E-state index is -0.861. The summed E-state index contributed by atoms with van der Waals surface area (Å²) in [5, 5.41) is 19.5. The van der Waals surface area contributed by atoms with Crippen LogP contribution in [0, 0.1) is 21.4 Å². The number of nitro groups is 1. The van der Waals surface area contributed by atoms with E-state index in [-0.39, 0.29) is 5.70 Å². The molecule has 0 fully saturated rings. The van der Waals surface area contributed by atoms with Gasteiger partial charge in [0, 0.05) is 17.6 Å². The van der Waals surface area contributed by atoms with Gasteiger partial charge >= 0.3 is 5.97 Å². The van der Waals surface area contributed by atoms with E-state index < -0.39 is 22.2 Å². The third-order valence-corrected chi connectivity index (χ3v) is 2.76. The summed E-state index contributed by atoms with van der Waals surface area (Å²) in [6, 6.07) is 0. The molecule has 0 bridgehead atoms. The number of hydrogen-bond acceptors (Lipinski definition) is 3. The summed E-state index contributed by atoms with van der Waals surface area (Å²) >= 11 is 0. The molecule has 0 saturated heterocycles. The van der Waals surface area contributed by atoms with Gasteiger partial charge in [-0.3, -0.25) is 14.9 Å². The molecule has 2 atom stereocenters. The third kappa shape index (κ3) is 3.55. The number of hydrogen-bond donors (Lipinski definition) is 1. The second kappa shape index (κ2) is 4.95. The molecule has 1 aliphatic rings. The Kier molecular flexibility index (Phi) is 3.83. The van der Waals surface area contributed by atoms with E-state index in [0.717, 1.165) is 0 Å². The normalized spacial score (nSPS) is 24.9. The predicted octanol–water partition coefficient (Wildman–Crippen LogP) is 2.39. The smallest absolute Gasteiger partial charge is 0.306 e. The lowest BCUT2D eigenvalue weighted by atomic mass is 9.81. The molecular formula is C12H15NO4. The van der Waals surface area contributed by atoms with E-state index in [2.05, 4.69) is 0 Å². The Morgan fingerprint density at radius 1 is 1.59 bits per heavy atom. The van der Waals surface area contributed by atoms with Crippen LogP contribution >= 0.6 is 0 Å². The molecule has 0 aromatic rings. The fourth-order valence-corrected chi connectivity index (χ4v) is 1.76. The number of carbonyl (C=O) groups is 1. The summed E-state index contributed by atoms with van der Waals surface area (Å²) in [5.74, 6) is -1.36. The largest absolute Gasteiger partial charge is 0.481 e. The van der Waals surface area contributed by atoms with Crippen molar-refractivity contribution in [3.8, 4) is 0 Å². The Balaban J connectivity index is 2.85. The highest BCUT2D eigenvalue weighted by atomic mass is 16.6. The van der Waals surface area contributed by atoms with E-state index >= 15 is 0 Å². The summed E-state index contributed by atoms with van der Waals surface area (Å²) in [5.41, 5.74) is -0.459. The Morgan fingerprint density at radius 3 is 2.76 bits per heavy atom. The fraction of sp³-hybridized carbons (Fsp3) is 0.417. The molecule has 0 aliphatic heterocycles. The SMILES string of the molecule is CC(CC1(C)C=CC=C([N+](=O)[O-])C=C1)C(=O)O. The Morgan fingerprint density at radius 2 is 2.24 bits per heavy atom. The zero-order valence-corrected chi connectivity index (χ0v) is 9.79. The molecule has 5 heteroatoms. The standard InChI is InChI=1S/C12H15NO4/c1-9(11(14)15)8-12(2)6-3-4-10(5-7-12)13(16)17/h3-7,9H,8H2,1-2H3,(H,14,15). The van der Waals surface area contributed by atoms with Gasteiger partial charge in [-0.25, -0.2) is 0 Å². The highest BCUT2D eigenvalue weighted by molar-refractivity contribution is 5.69. The zero-order valence-electron chi connectivity index (χ0n) is 9.79. The maximum atomic E-state index is 10.8. The molecule has 5 nitrogen and oxygen atoms in total. The van der Waals surface area contributed by atoms with Crippen molar-refractivity contribution in [2.75, 3.05) is 0 Å². The lowest BCUT2D eigenvalue weighted by Gasteiger charge is -2.23. The van der Waals surface area contributed by atoms with Crippen LogP contribution in [0.3, 0.4) is 0 Å². The molecule has 0 aromatic heterocycles. The van der Waals surface area contributed by atoms with Crippen molar-refractivity contribution >= 4 is 5.97 Å². The van der Waals surface area contributed by atoms with E-state index in [1.54, 1.807) is 25.2 Å². The van der Waals surface area contributed by atoms with Crippen molar-refractivity contribution in [3.05, 3.63) is 46.2 Å². The third-order valence-electron chi connectivity index (χ3n) is 2.76. The summed E-state index contributed by atoms with van der Waals surface area (Å²) in [6.07, 6.45) is 8.33. The molecule has 1 N–H and O–H groups in total. The molecule has 92 valence electrons. The first kappa shape index (κ1) is 13.2. The topological polar surface area (TPSA) is 80.4 Å². The molecule has 0 spiro atoms. The fourth-order valence-electron chi connectivity index (χ4n) is 1.76. The number of allylic oxidation sites excluding steroid dienone is 5. The first-order valence-corrected chi connectivity index (χ1v) is 5.30. The molecular weight excluding hydrogens is 222 g/mol. The van der Waals surface area contributed by atoms with Crippen molar-refractivity contribution in [3.63, 3.8) is 0 Å². The molecule has 0 radical (unpaired) electrons. The van der Waals surface area contributed by atoms with Crippen LogP contribution in [-0.2, 0) is 4.79 Å². The van der Waals surface area contributed by atoms with Crippen LogP contribution in [0.1, 0.15) is 20.3 Å². The molecule has 1 aliphatic carbocycles. The summed E-state index contributed by atoms with van der Waals surface area (Å²) in [7, 11) is 0. The molecule has 0 heterocycles. The number of rotatable bonds is 4. The predicted molar refractivity (Wildman–Crippen MR) is 62.9 cm³/mol. The summed E-state index contributed by atoms with van der Waals surface area (Å²) in [6.45, 7) is 3.48. The Hall–Kier alpha value is -1.91. The van der Waals surface area contributed by atoms with Gasteiger partial charge in [-0.05, 0) is 6.42 Å². The van der Waals surface area contributed by atoms with Gasteiger partial charge < -0.3 is 5.11 Å². The first-order chi connectivity index (χ1) is 7.84. The van der Waals surface area contributed by atoms with Gasteiger partial charge in [0.15, 0.2) is 0 Å². The number of nitrogens with zero attached hydrogens (tertiary/aromatic N) is 1. The van der Waals surface area contributed by atoms with Crippen LogP contribution in [0.15, 0.2) is 36.1 Å². The lowest BCUT2D eigenvalue weighted by molar-refractivity contribution is -0.419. The van der Waals surface area contributed by atoms with Crippen LogP contribution < -0.4 is 0 Å². The maximum Gasteiger partial charge on any atom is 0.306 e. The average molecular weight is 237 g/mol. The summed E-state index contributed by atoms with van der Waals surface area (Å²) in [4.78, 5) is 20.9. The van der Waals surface area contributed by atoms with Crippen LogP contribution in [0.5, 0.6) is 0 Å². The second-order valence-corrected chi connectivity index (χ2v) is 4.49. The first-order valence-electron chi connectivity index (χ1n) is 5.30. The molecule has 0 aromatic carbocycles. The van der Waals surface area contributed by atoms with Crippen molar-refractivity contribution in [1.82, 2.24) is 0 Å². The van der Waals surface area contributed by atoms with E-state index in [4.69, 9.17) is 5.11 Å². The minimum Gasteiger partial charge on any atom is -0.481 e. The van der Waals surface area contributed by atoms with Gasteiger partial charge in [-0.2, -0.15) is 0 Å². The van der Waals surface area contributed by atoms with E-state index in [1.807, 2.05) is 6.92 Å². The molecule has 0 saturated carbocycles. The van der Waals surface area contributed by atoms with E-state index in [1.165, 1.54) is 12.2 Å². The van der Waals surface area contributed by atoms with E-state index in [9.17, 15) is 14.9 Å². The van der Waals surface area contributed by atoms with Gasteiger partial charge in [0.2, 0.25) is 0 Å². The van der Waals surface area contributed by atoms with Crippen molar-refractivity contribution in [1.29, 1.82) is 0 Å². The average Bonchev–Trinajstić information content (AvgIpc) is 2.40. The van der Waals surface area contributed by atoms with Crippen LogP contribution in [0.4, 0.5) is 0 Å². The zero-order chi connectivity index (χ0) is 13.1. The number of carboxylic acid groups (broad SMARTS) is 1. The number of carboxylic acids is 1. The monoisotopic (exact) mass is 237 g/mol. The van der Waals surface area contributed by atoms with Crippen LogP contribution in [0.25, 0.3) is 0 Å². The Bertz CT molecular complexity index is 422. The summed E-state index contributed by atoms with van der Waals surface area (Å²) < 4.78 is 0. The van der Waals surface area contributed by atoms with Crippen molar-refractivity contribution in [2.24, 2.45) is 11.3 Å². The molecule has 2 unspecified atom stereocenters. The Labute approximate surface area is 99.3 Å². The van der Waals surface area contributed by atoms with Gasteiger partial charge in [0.05, 0.1) is 10.8 Å². The highest BCUT2D eigenvalue weighted by Crippen LogP contribution is 2.31. The minimum absolute atomic E-state index is 0.00736. The molecule has 0 amide bonds. The van der Waals surface area contributed by atoms with Gasteiger partial charge in [0.25, 0.3) is 5.70 Å². The van der Waals surface area contributed by atoms with E-state index in [0.29, 0.717) is 6.42 Å². The van der Waals surface area contributed by atoms with Gasteiger partial charge in [-0.15, -0.1) is 0 Å². The highest BCUT2D eigenvalue weighted by Gasteiger charge is 2.26. The van der Waals surface area contributed by atoms with Crippen molar-refractivity contribution in [2.45, 2.75) is 20.3 Å². The van der Waals surface area contributed by atoms with Gasteiger partial charge in [-0.1, -0.05) is 32.1 Å². The van der Waals surface area contributed by atoms with Crippen molar-refractivity contribution < 1.29 is 14.8 Å². The molecule has 17 heavy (non-hydrogen) atoms. The number of aliphatic carboxylic acids is 1. The van der Waals surface area contributed by atoms with Crippen LogP contribution in [0.2, 0.25) is 0 Å². The quantitative estimate of drug-likeness (QED) is 0.601. The second-order valence-electron chi connectivity index (χ2n) is 4.49. The maximum absolute atomic E-state index is 10.8. The van der Waals surface area contributed by atoms with Crippen LogP contribution in [-0.4, -0.2) is 16.0 Å².